The van der Waals surface area contributed by atoms with Crippen molar-refractivity contribution in [3.05, 3.63) is 48.3 Å². The van der Waals surface area contributed by atoms with Crippen LogP contribution in [0.1, 0.15) is 18.9 Å². The van der Waals surface area contributed by atoms with Gasteiger partial charge in [-0.1, -0.05) is 6.92 Å². The molecule has 2 rings (SSSR count). The number of aliphatic carboxylic acids is 1. The van der Waals surface area contributed by atoms with Gasteiger partial charge in [0.15, 0.2) is 0 Å². The van der Waals surface area contributed by atoms with Gasteiger partial charge in [0.05, 0.1) is 12.5 Å². The smallest absolute Gasteiger partial charge is 0.309 e. The average Bonchev–Trinajstić information content (AvgIpc) is 2.66. The normalized spacial score (nSPS) is 12.4. The molecular formula is C18H23N5O3. The zero-order valence-corrected chi connectivity index (χ0v) is 14.6. The third-order valence-corrected chi connectivity index (χ3v) is 3.69. The van der Waals surface area contributed by atoms with E-state index in [1.54, 1.807) is 42.7 Å². The Hall–Kier alpha value is -3.16. The fraction of sp³-hybridized carbons (Fsp3) is 0.333. The molecule has 0 saturated carbocycles. The van der Waals surface area contributed by atoms with E-state index in [0.29, 0.717) is 37.0 Å². The Morgan fingerprint density at radius 1 is 1.31 bits per heavy atom. The molecule has 0 bridgehead atoms. The van der Waals surface area contributed by atoms with Gasteiger partial charge < -0.3 is 20.9 Å². The maximum atomic E-state index is 11.0. The van der Waals surface area contributed by atoms with E-state index in [1.807, 2.05) is 6.92 Å². The van der Waals surface area contributed by atoms with Gasteiger partial charge >= 0.3 is 5.97 Å². The predicted molar refractivity (Wildman–Crippen MR) is 99.5 cm³/mol. The van der Waals surface area contributed by atoms with Crippen molar-refractivity contribution >= 4 is 17.8 Å². The second kappa shape index (κ2) is 9.97. The standard InChI is InChI=1S/C18H23N5O3/c1-2-13(17(24)25)12-26-15-6-4-14(5-7-15)16(19)20-10-11-23-18-21-8-3-9-22-18/h3-9,13H,2,10-12H2,1H3,(H2,19,20)(H,24,25)(H,21,22,23)/t13-/m1/s1. The summed E-state index contributed by atoms with van der Waals surface area (Å²) in [5.41, 5.74) is 6.76. The predicted octanol–water partition coefficient (Wildman–Crippen LogP) is 1.78. The van der Waals surface area contributed by atoms with Crippen LogP contribution in [0.4, 0.5) is 5.95 Å². The van der Waals surface area contributed by atoms with E-state index in [-0.39, 0.29) is 6.61 Å². The molecule has 1 atom stereocenters. The Kier molecular flexibility index (Phi) is 7.35. The topological polar surface area (TPSA) is 123 Å². The maximum absolute atomic E-state index is 11.0. The number of nitrogens with one attached hydrogen (secondary N) is 1. The SMILES string of the molecule is CC[C@H](COc1ccc(C(N)=NCCNc2ncccn2)cc1)C(=O)O. The van der Waals surface area contributed by atoms with Gasteiger partial charge in [-0.15, -0.1) is 0 Å². The summed E-state index contributed by atoms with van der Waals surface area (Å²) in [5, 5.41) is 12.1. The van der Waals surface area contributed by atoms with Crippen LogP contribution >= 0.6 is 0 Å². The van der Waals surface area contributed by atoms with Crippen LogP contribution in [0.15, 0.2) is 47.7 Å². The molecule has 2 aromatic rings. The number of carbonyl (C=O) groups is 1. The first-order chi connectivity index (χ1) is 12.6. The van der Waals surface area contributed by atoms with Crippen LogP contribution in [0.3, 0.4) is 0 Å². The lowest BCUT2D eigenvalue weighted by Crippen LogP contribution is -2.20. The zero-order chi connectivity index (χ0) is 18.8. The number of aliphatic imine (C=N–C) groups is 1. The van der Waals surface area contributed by atoms with Gasteiger partial charge in [0, 0.05) is 24.5 Å². The van der Waals surface area contributed by atoms with Crippen LogP contribution in [-0.2, 0) is 4.79 Å². The number of carboxylic acid groups (broad SMARTS) is 1. The minimum Gasteiger partial charge on any atom is -0.493 e. The summed E-state index contributed by atoms with van der Waals surface area (Å²) >= 11 is 0. The van der Waals surface area contributed by atoms with Crippen molar-refractivity contribution in [2.75, 3.05) is 25.0 Å². The summed E-state index contributed by atoms with van der Waals surface area (Å²) in [5.74, 6) is 0.209. The Balaban J connectivity index is 1.81. The van der Waals surface area contributed by atoms with Crippen LogP contribution in [0.2, 0.25) is 0 Å². The van der Waals surface area contributed by atoms with Gasteiger partial charge in [-0.2, -0.15) is 0 Å². The van der Waals surface area contributed by atoms with Gasteiger partial charge in [-0.3, -0.25) is 9.79 Å². The molecule has 4 N–H and O–H groups in total. The number of hydrogen-bond donors (Lipinski definition) is 3. The van der Waals surface area contributed by atoms with Crippen LogP contribution < -0.4 is 15.8 Å². The lowest BCUT2D eigenvalue weighted by atomic mass is 10.1. The van der Waals surface area contributed by atoms with Crippen LogP contribution in [0.5, 0.6) is 5.75 Å². The molecule has 0 aliphatic heterocycles. The Bertz CT molecular complexity index is 719. The van der Waals surface area contributed by atoms with Crippen molar-refractivity contribution in [3.8, 4) is 5.75 Å². The summed E-state index contributed by atoms with van der Waals surface area (Å²) in [6.07, 6.45) is 3.85. The average molecular weight is 357 g/mol. The Labute approximate surface area is 152 Å². The number of nitrogens with zero attached hydrogens (tertiary/aromatic N) is 3. The molecule has 0 aliphatic carbocycles. The molecule has 0 fully saturated rings. The molecule has 1 aromatic heterocycles. The second-order valence-corrected chi connectivity index (χ2v) is 5.54. The summed E-state index contributed by atoms with van der Waals surface area (Å²) in [6.45, 7) is 3.02. The van der Waals surface area contributed by atoms with Crippen LogP contribution in [0, 0.1) is 5.92 Å². The Morgan fingerprint density at radius 3 is 2.62 bits per heavy atom. The highest BCUT2D eigenvalue weighted by molar-refractivity contribution is 5.97. The number of anilines is 1. The van der Waals surface area contributed by atoms with Crippen molar-refractivity contribution < 1.29 is 14.6 Å². The molecule has 138 valence electrons. The maximum Gasteiger partial charge on any atom is 0.309 e. The third-order valence-electron chi connectivity index (χ3n) is 3.69. The first-order valence-electron chi connectivity index (χ1n) is 8.37. The van der Waals surface area contributed by atoms with Gasteiger partial charge in [-0.25, -0.2) is 9.97 Å². The lowest BCUT2D eigenvalue weighted by molar-refractivity contribution is -0.142. The van der Waals surface area contributed by atoms with E-state index >= 15 is 0 Å². The number of aromatic nitrogens is 2. The molecule has 8 nitrogen and oxygen atoms in total. The minimum absolute atomic E-state index is 0.141. The number of ether oxygens (including phenoxy) is 1. The molecule has 26 heavy (non-hydrogen) atoms. The molecule has 1 heterocycles. The van der Waals surface area contributed by atoms with E-state index < -0.39 is 11.9 Å². The number of hydrogen-bond acceptors (Lipinski definition) is 6. The minimum atomic E-state index is -0.852. The Morgan fingerprint density at radius 2 is 2.00 bits per heavy atom. The summed E-state index contributed by atoms with van der Waals surface area (Å²) in [4.78, 5) is 23.4. The van der Waals surface area contributed by atoms with Crippen LogP contribution in [-0.4, -0.2) is 46.6 Å². The van der Waals surface area contributed by atoms with Crippen molar-refractivity contribution in [2.45, 2.75) is 13.3 Å². The number of carboxylic acids is 1. The van der Waals surface area contributed by atoms with Crippen molar-refractivity contribution in [1.82, 2.24) is 9.97 Å². The molecule has 0 radical (unpaired) electrons. The van der Waals surface area contributed by atoms with Gasteiger partial charge in [0.2, 0.25) is 5.95 Å². The fourth-order valence-corrected chi connectivity index (χ4v) is 2.11. The van der Waals surface area contributed by atoms with Gasteiger partial charge in [0.1, 0.15) is 18.2 Å². The molecule has 8 heteroatoms. The number of nitrogens with two attached hydrogens (primary N) is 1. The monoisotopic (exact) mass is 357 g/mol. The molecule has 0 spiro atoms. The quantitative estimate of drug-likeness (QED) is 0.336. The largest absolute Gasteiger partial charge is 0.493 e. The van der Waals surface area contributed by atoms with Crippen LogP contribution in [0.25, 0.3) is 0 Å². The van der Waals surface area contributed by atoms with Crippen molar-refractivity contribution in [1.29, 1.82) is 0 Å². The third kappa shape index (κ3) is 6.04. The highest BCUT2D eigenvalue weighted by Crippen LogP contribution is 2.14. The molecule has 0 aliphatic rings. The summed E-state index contributed by atoms with van der Waals surface area (Å²) < 4.78 is 5.52. The number of benzene rings is 1. The second-order valence-electron chi connectivity index (χ2n) is 5.54. The fourth-order valence-electron chi connectivity index (χ4n) is 2.11. The summed E-state index contributed by atoms with van der Waals surface area (Å²) in [7, 11) is 0. The first kappa shape index (κ1) is 19.2. The molecule has 0 amide bonds. The number of amidine groups is 1. The highest BCUT2D eigenvalue weighted by atomic mass is 16.5. The van der Waals surface area contributed by atoms with Crippen molar-refractivity contribution in [2.24, 2.45) is 16.6 Å². The van der Waals surface area contributed by atoms with Gasteiger partial charge in [0.25, 0.3) is 0 Å². The zero-order valence-electron chi connectivity index (χ0n) is 14.6. The van der Waals surface area contributed by atoms with E-state index in [4.69, 9.17) is 15.6 Å². The molecular weight excluding hydrogens is 334 g/mol. The molecule has 0 saturated heterocycles. The molecule has 0 unspecified atom stereocenters. The number of rotatable bonds is 10. The van der Waals surface area contributed by atoms with E-state index in [9.17, 15) is 4.79 Å². The highest BCUT2D eigenvalue weighted by Gasteiger charge is 2.15. The lowest BCUT2D eigenvalue weighted by Gasteiger charge is -2.12. The van der Waals surface area contributed by atoms with Gasteiger partial charge in [-0.05, 0) is 36.8 Å². The first-order valence-corrected chi connectivity index (χ1v) is 8.37. The summed E-state index contributed by atoms with van der Waals surface area (Å²) in [6, 6.07) is 8.84. The van der Waals surface area contributed by atoms with E-state index in [0.717, 1.165) is 5.56 Å². The van der Waals surface area contributed by atoms with E-state index in [2.05, 4.69) is 20.3 Å². The molecule has 1 aromatic carbocycles. The van der Waals surface area contributed by atoms with Crippen molar-refractivity contribution in [3.63, 3.8) is 0 Å². The van der Waals surface area contributed by atoms with E-state index in [1.165, 1.54) is 0 Å².